The van der Waals surface area contributed by atoms with Crippen molar-refractivity contribution in [1.82, 2.24) is 10.2 Å². The van der Waals surface area contributed by atoms with Gasteiger partial charge in [-0.05, 0) is 33.2 Å². The highest BCUT2D eigenvalue weighted by atomic mass is 16.3. The lowest BCUT2D eigenvalue weighted by Crippen LogP contribution is -2.46. The van der Waals surface area contributed by atoms with Crippen molar-refractivity contribution in [2.24, 2.45) is 0 Å². The minimum atomic E-state index is 0.226. The highest BCUT2D eigenvalue weighted by molar-refractivity contribution is 4.86. The minimum Gasteiger partial charge on any atom is -0.395 e. The molecule has 1 fully saturated rings. The van der Waals surface area contributed by atoms with Crippen LogP contribution in [0, 0.1) is 0 Å². The molecule has 0 aromatic rings. The zero-order valence-corrected chi connectivity index (χ0v) is 9.66. The Kier molecular flexibility index (Phi) is 4.85. The molecule has 3 atom stereocenters. The molecule has 0 radical (unpaired) electrons. The Balaban J connectivity index is 2.47. The highest BCUT2D eigenvalue weighted by Gasteiger charge is 2.30. The van der Waals surface area contributed by atoms with Crippen molar-refractivity contribution in [1.29, 1.82) is 0 Å². The van der Waals surface area contributed by atoms with Crippen molar-refractivity contribution >= 4 is 0 Å². The lowest BCUT2D eigenvalue weighted by Gasteiger charge is -2.30. The van der Waals surface area contributed by atoms with Gasteiger partial charge in [0.25, 0.3) is 0 Å². The van der Waals surface area contributed by atoms with Gasteiger partial charge in [-0.3, -0.25) is 4.90 Å². The van der Waals surface area contributed by atoms with E-state index in [4.69, 9.17) is 5.11 Å². The first-order chi connectivity index (χ1) is 6.72. The summed E-state index contributed by atoms with van der Waals surface area (Å²) in [5, 5.41) is 12.3. The van der Waals surface area contributed by atoms with E-state index in [-0.39, 0.29) is 12.6 Å². The van der Waals surface area contributed by atoms with Crippen molar-refractivity contribution in [3.8, 4) is 0 Å². The first-order valence-corrected chi connectivity index (χ1v) is 5.76. The molecule has 0 aromatic heterocycles. The van der Waals surface area contributed by atoms with Gasteiger partial charge >= 0.3 is 0 Å². The van der Waals surface area contributed by atoms with Crippen molar-refractivity contribution < 1.29 is 5.11 Å². The third kappa shape index (κ3) is 2.69. The fourth-order valence-electron chi connectivity index (χ4n) is 2.39. The number of aliphatic hydroxyl groups excluding tert-OH is 1. The van der Waals surface area contributed by atoms with Crippen LogP contribution >= 0.6 is 0 Å². The van der Waals surface area contributed by atoms with Gasteiger partial charge in [0.05, 0.1) is 6.61 Å². The normalized spacial score (nSPS) is 30.9. The number of aliphatic hydroxyl groups is 1. The van der Waals surface area contributed by atoms with E-state index in [0.717, 1.165) is 12.6 Å². The van der Waals surface area contributed by atoms with Crippen LogP contribution in [0.15, 0.2) is 0 Å². The summed E-state index contributed by atoms with van der Waals surface area (Å²) in [6.07, 6.45) is 3.85. The average Bonchev–Trinajstić information content (AvgIpc) is 2.56. The SMILES string of the molecule is CCC1CCC(C)N1CC(CO)NC. The average molecular weight is 200 g/mol. The first-order valence-electron chi connectivity index (χ1n) is 5.76. The van der Waals surface area contributed by atoms with Crippen molar-refractivity contribution in [3.05, 3.63) is 0 Å². The molecule has 1 rings (SSSR count). The third-order valence-corrected chi connectivity index (χ3v) is 3.48. The molecule has 1 aliphatic heterocycles. The Morgan fingerprint density at radius 2 is 2.21 bits per heavy atom. The summed E-state index contributed by atoms with van der Waals surface area (Å²) in [4.78, 5) is 2.54. The molecule has 84 valence electrons. The van der Waals surface area contributed by atoms with Crippen LogP contribution in [0.1, 0.15) is 33.1 Å². The van der Waals surface area contributed by atoms with Crippen LogP contribution in [0.4, 0.5) is 0 Å². The maximum Gasteiger partial charge on any atom is 0.0597 e. The van der Waals surface area contributed by atoms with Crippen LogP contribution in [0.3, 0.4) is 0 Å². The van der Waals surface area contributed by atoms with Gasteiger partial charge in [0.1, 0.15) is 0 Å². The topological polar surface area (TPSA) is 35.5 Å². The van der Waals surface area contributed by atoms with Crippen molar-refractivity contribution in [3.63, 3.8) is 0 Å². The van der Waals surface area contributed by atoms with Gasteiger partial charge in [0, 0.05) is 24.7 Å². The molecule has 2 N–H and O–H groups in total. The van der Waals surface area contributed by atoms with Crippen LogP contribution < -0.4 is 5.32 Å². The zero-order chi connectivity index (χ0) is 10.6. The number of hydrogen-bond donors (Lipinski definition) is 2. The summed E-state index contributed by atoms with van der Waals surface area (Å²) >= 11 is 0. The summed E-state index contributed by atoms with van der Waals surface area (Å²) < 4.78 is 0. The largest absolute Gasteiger partial charge is 0.395 e. The van der Waals surface area contributed by atoms with Gasteiger partial charge in [-0.1, -0.05) is 6.92 Å². The Hall–Kier alpha value is -0.120. The van der Waals surface area contributed by atoms with E-state index in [2.05, 4.69) is 24.1 Å². The number of hydrogen-bond acceptors (Lipinski definition) is 3. The summed E-state index contributed by atoms with van der Waals surface area (Å²) in [5.41, 5.74) is 0. The molecule has 0 aliphatic carbocycles. The lowest BCUT2D eigenvalue weighted by molar-refractivity contribution is 0.147. The van der Waals surface area contributed by atoms with E-state index < -0.39 is 0 Å². The predicted molar refractivity (Wildman–Crippen MR) is 59.4 cm³/mol. The molecule has 0 bridgehead atoms. The number of likely N-dealkylation sites (N-methyl/N-ethyl adjacent to an activating group) is 1. The van der Waals surface area contributed by atoms with Crippen molar-refractivity contribution in [2.75, 3.05) is 20.2 Å². The van der Waals surface area contributed by atoms with E-state index in [1.807, 2.05) is 7.05 Å². The molecular formula is C11H24N2O. The Morgan fingerprint density at radius 3 is 2.71 bits per heavy atom. The standard InChI is InChI=1S/C11H24N2O/c1-4-11-6-5-9(2)13(11)7-10(8-14)12-3/h9-12,14H,4-8H2,1-3H3. The summed E-state index contributed by atoms with van der Waals surface area (Å²) in [6, 6.07) is 1.64. The van der Waals surface area contributed by atoms with E-state index in [1.54, 1.807) is 0 Å². The maximum atomic E-state index is 9.14. The highest BCUT2D eigenvalue weighted by Crippen LogP contribution is 2.25. The fourth-order valence-corrected chi connectivity index (χ4v) is 2.39. The van der Waals surface area contributed by atoms with Crippen LogP contribution in [0.5, 0.6) is 0 Å². The molecular weight excluding hydrogens is 176 g/mol. The van der Waals surface area contributed by atoms with E-state index >= 15 is 0 Å². The monoisotopic (exact) mass is 200 g/mol. The summed E-state index contributed by atoms with van der Waals surface area (Å²) in [5.74, 6) is 0. The molecule has 3 heteroatoms. The van der Waals surface area contributed by atoms with Gasteiger partial charge in [-0.25, -0.2) is 0 Å². The van der Waals surface area contributed by atoms with Gasteiger partial charge in [-0.2, -0.15) is 0 Å². The number of nitrogens with one attached hydrogen (secondary N) is 1. The van der Waals surface area contributed by atoms with Gasteiger partial charge < -0.3 is 10.4 Å². The second kappa shape index (κ2) is 5.69. The first kappa shape index (κ1) is 12.0. The molecule has 14 heavy (non-hydrogen) atoms. The number of nitrogens with zero attached hydrogens (tertiary/aromatic N) is 1. The Labute approximate surface area is 87.5 Å². The van der Waals surface area contributed by atoms with Crippen LogP contribution in [0.25, 0.3) is 0 Å². The molecule has 3 nitrogen and oxygen atoms in total. The summed E-state index contributed by atoms with van der Waals surface area (Å²) in [6.45, 7) is 5.76. The Morgan fingerprint density at radius 1 is 1.50 bits per heavy atom. The van der Waals surface area contributed by atoms with Crippen molar-refractivity contribution in [2.45, 2.75) is 51.2 Å². The molecule has 0 spiro atoms. The number of likely N-dealkylation sites (tertiary alicyclic amines) is 1. The quantitative estimate of drug-likeness (QED) is 0.690. The summed E-state index contributed by atoms with van der Waals surface area (Å²) in [7, 11) is 1.92. The molecule has 1 saturated heterocycles. The van der Waals surface area contributed by atoms with E-state index in [9.17, 15) is 0 Å². The fraction of sp³-hybridized carbons (Fsp3) is 1.00. The van der Waals surface area contributed by atoms with Crippen LogP contribution in [-0.2, 0) is 0 Å². The van der Waals surface area contributed by atoms with Gasteiger partial charge in [0.15, 0.2) is 0 Å². The second-order valence-electron chi connectivity index (χ2n) is 4.35. The lowest BCUT2D eigenvalue weighted by atomic mass is 10.1. The molecule has 3 unspecified atom stereocenters. The zero-order valence-electron chi connectivity index (χ0n) is 9.66. The van der Waals surface area contributed by atoms with Gasteiger partial charge in [-0.15, -0.1) is 0 Å². The van der Waals surface area contributed by atoms with Gasteiger partial charge in [0.2, 0.25) is 0 Å². The third-order valence-electron chi connectivity index (χ3n) is 3.48. The number of rotatable bonds is 5. The minimum absolute atomic E-state index is 0.226. The second-order valence-corrected chi connectivity index (χ2v) is 4.35. The predicted octanol–water partition coefficient (Wildman–Crippen LogP) is 0.830. The molecule has 0 amide bonds. The van der Waals surface area contributed by atoms with Crippen LogP contribution in [-0.4, -0.2) is 48.3 Å². The van der Waals surface area contributed by atoms with E-state index in [0.29, 0.717) is 6.04 Å². The molecule has 0 aromatic carbocycles. The maximum absolute atomic E-state index is 9.14. The molecule has 1 heterocycles. The Bertz CT molecular complexity index is 159. The molecule has 1 aliphatic rings. The molecule has 0 saturated carbocycles. The van der Waals surface area contributed by atoms with E-state index in [1.165, 1.54) is 19.3 Å². The smallest absolute Gasteiger partial charge is 0.0597 e. The van der Waals surface area contributed by atoms with Crippen LogP contribution in [0.2, 0.25) is 0 Å².